The van der Waals surface area contributed by atoms with E-state index in [0.717, 1.165) is 0 Å². The van der Waals surface area contributed by atoms with Gasteiger partial charge in [-0.1, -0.05) is 6.92 Å². The van der Waals surface area contributed by atoms with E-state index >= 15 is 0 Å². The first-order valence-electron chi connectivity index (χ1n) is 7.55. The Morgan fingerprint density at radius 1 is 1.05 bits per heavy atom. The van der Waals surface area contributed by atoms with Gasteiger partial charge < -0.3 is 34.3 Å². The van der Waals surface area contributed by atoms with Crippen LogP contribution in [0.1, 0.15) is 20.3 Å². The van der Waals surface area contributed by atoms with Gasteiger partial charge in [-0.05, 0) is 13.3 Å². The molecular weight excluding hydrogens is 280 g/mol. The van der Waals surface area contributed by atoms with E-state index < -0.39 is 18.5 Å². The van der Waals surface area contributed by atoms with E-state index in [-0.39, 0.29) is 45.1 Å². The number of hydrogen-bond acceptors (Lipinski definition) is 7. The summed E-state index contributed by atoms with van der Waals surface area (Å²) in [5.74, 6) is -0.149. The van der Waals surface area contributed by atoms with Crippen LogP contribution in [0.15, 0.2) is 0 Å². The molecule has 126 valence electrons. The summed E-state index contributed by atoms with van der Waals surface area (Å²) in [6.45, 7) is 4.68. The Labute approximate surface area is 125 Å². The number of hydrogen-bond donors (Lipinski definition) is 3. The first-order chi connectivity index (χ1) is 10.2. The van der Waals surface area contributed by atoms with E-state index in [1.807, 2.05) is 13.8 Å². The fourth-order valence-corrected chi connectivity index (χ4v) is 2.57. The highest BCUT2D eigenvalue weighted by molar-refractivity contribution is 4.89. The lowest BCUT2D eigenvalue weighted by Crippen LogP contribution is -2.57. The van der Waals surface area contributed by atoms with Crippen molar-refractivity contribution in [3.05, 3.63) is 0 Å². The Bertz CT molecular complexity index is 260. The molecule has 1 aliphatic rings. The summed E-state index contributed by atoms with van der Waals surface area (Å²) < 4.78 is 22.2. The van der Waals surface area contributed by atoms with Gasteiger partial charge in [-0.25, -0.2) is 0 Å². The number of rotatable bonds is 10. The predicted molar refractivity (Wildman–Crippen MR) is 74.8 cm³/mol. The van der Waals surface area contributed by atoms with Crippen LogP contribution in [0, 0.1) is 5.92 Å². The monoisotopic (exact) mass is 308 g/mol. The minimum absolute atomic E-state index is 0.0524. The molecule has 0 aliphatic carbocycles. The average Bonchev–Trinajstić information content (AvgIpc) is 2.47. The highest BCUT2D eigenvalue weighted by Crippen LogP contribution is 2.31. The second-order valence-electron chi connectivity index (χ2n) is 4.92. The van der Waals surface area contributed by atoms with Crippen molar-refractivity contribution in [1.29, 1.82) is 0 Å². The Hall–Kier alpha value is -0.280. The molecule has 1 rings (SSSR count). The Morgan fingerprint density at radius 2 is 1.76 bits per heavy atom. The minimum atomic E-state index is -0.755. The van der Waals surface area contributed by atoms with Crippen LogP contribution in [-0.4, -0.2) is 79.6 Å². The summed E-state index contributed by atoms with van der Waals surface area (Å²) in [7, 11) is 0. The standard InChI is InChI=1S/C14H28O7/c1-3-10-11(9-18-7-5-15)21-14(19-4-2)13(12(10)17)20-8-6-16/h10-17H,3-9H2,1-2H3. The first kappa shape index (κ1) is 18.8. The van der Waals surface area contributed by atoms with Crippen LogP contribution in [0.5, 0.6) is 0 Å². The summed E-state index contributed by atoms with van der Waals surface area (Å²) in [6.07, 6.45) is -1.69. The van der Waals surface area contributed by atoms with Gasteiger partial charge >= 0.3 is 0 Å². The lowest BCUT2D eigenvalue weighted by molar-refractivity contribution is -0.301. The van der Waals surface area contributed by atoms with Crippen LogP contribution in [0.25, 0.3) is 0 Å². The lowest BCUT2D eigenvalue weighted by Gasteiger charge is -2.44. The van der Waals surface area contributed by atoms with Crippen LogP contribution < -0.4 is 0 Å². The van der Waals surface area contributed by atoms with Gasteiger partial charge in [0, 0.05) is 12.5 Å². The molecule has 7 nitrogen and oxygen atoms in total. The van der Waals surface area contributed by atoms with Crippen molar-refractivity contribution in [2.45, 2.75) is 44.9 Å². The van der Waals surface area contributed by atoms with Gasteiger partial charge in [0.1, 0.15) is 6.10 Å². The summed E-state index contributed by atoms with van der Waals surface area (Å²) in [5, 5.41) is 28.2. The molecule has 0 spiro atoms. The first-order valence-corrected chi connectivity index (χ1v) is 7.55. The Morgan fingerprint density at radius 3 is 2.33 bits per heavy atom. The zero-order chi connectivity index (χ0) is 15.7. The van der Waals surface area contributed by atoms with E-state index in [1.54, 1.807) is 0 Å². The molecule has 1 fully saturated rings. The summed E-state index contributed by atoms with van der Waals surface area (Å²) in [5.41, 5.74) is 0. The predicted octanol–water partition coefficient (Wildman–Crippen LogP) is -0.479. The van der Waals surface area contributed by atoms with Gasteiger partial charge in [0.25, 0.3) is 0 Å². The summed E-state index contributed by atoms with van der Waals surface area (Å²) in [4.78, 5) is 0. The van der Waals surface area contributed by atoms with Crippen LogP contribution in [0.4, 0.5) is 0 Å². The molecule has 3 N–H and O–H groups in total. The smallest absolute Gasteiger partial charge is 0.186 e. The summed E-state index contributed by atoms with van der Waals surface area (Å²) >= 11 is 0. The molecule has 0 aromatic carbocycles. The molecule has 1 aliphatic heterocycles. The lowest BCUT2D eigenvalue weighted by atomic mass is 9.87. The van der Waals surface area contributed by atoms with Gasteiger partial charge in [0.15, 0.2) is 6.29 Å². The molecule has 0 aromatic rings. The van der Waals surface area contributed by atoms with E-state index in [1.165, 1.54) is 0 Å². The third-order valence-corrected chi connectivity index (χ3v) is 3.55. The second-order valence-corrected chi connectivity index (χ2v) is 4.92. The van der Waals surface area contributed by atoms with Gasteiger partial charge in [-0.2, -0.15) is 0 Å². The SMILES string of the molecule is CCOC1OC(COCCO)C(CC)C(O)C1OCCO. The zero-order valence-electron chi connectivity index (χ0n) is 12.8. The molecule has 5 atom stereocenters. The maximum Gasteiger partial charge on any atom is 0.186 e. The fourth-order valence-electron chi connectivity index (χ4n) is 2.57. The summed E-state index contributed by atoms with van der Waals surface area (Å²) in [6, 6.07) is 0. The van der Waals surface area contributed by atoms with Gasteiger partial charge in [0.05, 0.1) is 45.2 Å². The maximum absolute atomic E-state index is 10.5. The normalized spacial score (nSPS) is 33.3. The molecule has 0 amide bonds. The highest BCUT2D eigenvalue weighted by atomic mass is 16.7. The van der Waals surface area contributed by atoms with Crippen LogP contribution >= 0.6 is 0 Å². The minimum Gasteiger partial charge on any atom is -0.394 e. The molecule has 0 radical (unpaired) electrons. The third-order valence-electron chi connectivity index (χ3n) is 3.55. The topological polar surface area (TPSA) is 97.6 Å². The Balaban J connectivity index is 2.71. The molecule has 0 bridgehead atoms. The number of aliphatic hydroxyl groups excluding tert-OH is 3. The molecule has 21 heavy (non-hydrogen) atoms. The van der Waals surface area contributed by atoms with Gasteiger partial charge in [0.2, 0.25) is 0 Å². The van der Waals surface area contributed by atoms with Crippen molar-refractivity contribution in [2.24, 2.45) is 5.92 Å². The molecule has 7 heteroatoms. The van der Waals surface area contributed by atoms with E-state index in [2.05, 4.69) is 0 Å². The molecule has 5 unspecified atom stereocenters. The largest absolute Gasteiger partial charge is 0.394 e. The second kappa shape index (κ2) is 10.4. The van der Waals surface area contributed by atoms with Gasteiger partial charge in [-0.15, -0.1) is 0 Å². The molecule has 0 saturated carbocycles. The average molecular weight is 308 g/mol. The van der Waals surface area contributed by atoms with E-state index in [9.17, 15) is 5.11 Å². The number of ether oxygens (including phenoxy) is 4. The van der Waals surface area contributed by atoms with Gasteiger partial charge in [-0.3, -0.25) is 0 Å². The highest BCUT2D eigenvalue weighted by Gasteiger charge is 2.45. The zero-order valence-corrected chi connectivity index (χ0v) is 12.8. The molecule has 1 heterocycles. The third kappa shape index (κ3) is 5.45. The quantitative estimate of drug-likeness (QED) is 0.469. The fraction of sp³-hybridized carbons (Fsp3) is 1.00. The molecular formula is C14H28O7. The number of aliphatic hydroxyl groups is 3. The van der Waals surface area contributed by atoms with E-state index in [4.69, 9.17) is 29.2 Å². The van der Waals surface area contributed by atoms with Crippen molar-refractivity contribution in [2.75, 3.05) is 39.6 Å². The maximum atomic E-state index is 10.5. The van der Waals surface area contributed by atoms with Crippen molar-refractivity contribution in [3.8, 4) is 0 Å². The van der Waals surface area contributed by atoms with Crippen LogP contribution in [-0.2, 0) is 18.9 Å². The van der Waals surface area contributed by atoms with Crippen LogP contribution in [0.3, 0.4) is 0 Å². The molecule has 0 aromatic heterocycles. The van der Waals surface area contributed by atoms with Crippen molar-refractivity contribution in [3.63, 3.8) is 0 Å². The Kier molecular flexibility index (Phi) is 9.34. The van der Waals surface area contributed by atoms with Crippen LogP contribution in [0.2, 0.25) is 0 Å². The van der Waals surface area contributed by atoms with Crippen molar-refractivity contribution < 1.29 is 34.3 Å². The van der Waals surface area contributed by atoms with Crippen molar-refractivity contribution >= 4 is 0 Å². The van der Waals surface area contributed by atoms with E-state index in [0.29, 0.717) is 13.0 Å². The van der Waals surface area contributed by atoms with Crippen molar-refractivity contribution in [1.82, 2.24) is 0 Å². The molecule has 1 saturated heterocycles.